The number of nitrogens with two attached hydrogens (primary N) is 1. The molecular weight excluding hydrogens is 327 g/mol. The SMILES string of the molecule is Cc1cc(NC(=O)C2=NN(c3ccc(F)cc3)C(C(N)=O)C2)n(C)n1. The van der Waals surface area contributed by atoms with E-state index in [1.165, 1.54) is 34.0 Å². The largest absolute Gasteiger partial charge is 0.368 e. The molecule has 8 nitrogen and oxygen atoms in total. The summed E-state index contributed by atoms with van der Waals surface area (Å²) < 4.78 is 14.6. The van der Waals surface area contributed by atoms with Gasteiger partial charge in [-0.25, -0.2) is 4.39 Å². The number of rotatable bonds is 4. The van der Waals surface area contributed by atoms with Crippen LogP contribution in [0.25, 0.3) is 0 Å². The molecule has 2 heterocycles. The Hall–Kier alpha value is -3.23. The molecule has 0 aliphatic carbocycles. The monoisotopic (exact) mass is 344 g/mol. The number of nitrogens with one attached hydrogen (secondary N) is 1. The molecule has 0 bridgehead atoms. The van der Waals surface area contributed by atoms with Gasteiger partial charge in [-0.3, -0.25) is 19.3 Å². The number of aryl methyl sites for hydroxylation is 2. The molecule has 3 N–H and O–H groups in total. The average Bonchev–Trinajstić information content (AvgIpc) is 3.12. The van der Waals surface area contributed by atoms with Crippen molar-refractivity contribution in [2.24, 2.45) is 17.9 Å². The van der Waals surface area contributed by atoms with Crippen LogP contribution in [0, 0.1) is 12.7 Å². The lowest BCUT2D eigenvalue weighted by Gasteiger charge is -2.20. The number of halogens is 1. The predicted octanol–water partition coefficient (Wildman–Crippen LogP) is 0.926. The number of primary amides is 1. The minimum absolute atomic E-state index is 0.0649. The van der Waals surface area contributed by atoms with E-state index in [1.54, 1.807) is 13.1 Å². The average molecular weight is 344 g/mol. The second-order valence-corrected chi connectivity index (χ2v) is 5.74. The van der Waals surface area contributed by atoms with Gasteiger partial charge in [-0.05, 0) is 31.2 Å². The first-order valence-corrected chi connectivity index (χ1v) is 7.58. The molecule has 1 aromatic heterocycles. The Morgan fingerprint density at radius 3 is 2.56 bits per heavy atom. The summed E-state index contributed by atoms with van der Waals surface area (Å²) in [7, 11) is 1.70. The number of nitrogens with zero attached hydrogens (tertiary/aromatic N) is 4. The van der Waals surface area contributed by atoms with Crippen LogP contribution in [0.3, 0.4) is 0 Å². The zero-order chi connectivity index (χ0) is 18.1. The predicted molar refractivity (Wildman–Crippen MR) is 90.5 cm³/mol. The molecule has 0 spiro atoms. The third-order valence-corrected chi connectivity index (χ3v) is 3.84. The van der Waals surface area contributed by atoms with Crippen LogP contribution in [0.2, 0.25) is 0 Å². The lowest BCUT2D eigenvalue weighted by Crippen LogP contribution is -2.39. The van der Waals surface area contributed by atoms with Crippen LogP contribution >= 0.6 is 0 Å². The molecule has 25 heavy (non-hydrogen) atoms. The van der Waals surface area contributed by atoms with Gasteiger partial charge in [-0.15, -0.1) is 0 Å². The van der Waals surface area contributed by atoms with E-state index in [9.17, 15) is 14.0 Å². The van der Waals surface area contributed by atoms with Gasteiger partial charge in [0, 0.05) is 19.5 Å². The molecule has 3 rings (SSSR count). The Bertz CT molecular complexity index is 858. The number of carbonyl (C=O) groups is 2. The van der Waals surface area contributed by atoms with Crippen LogP contribution in [0.4, 0.5) is 15.9 Å². The Labute approximate surface area is 143 Å². The van der Waals surface area contributed by atoms with Crippen LogP contribution in [0.15, 0.2) is 35.4 Å². The van der Waals surface area contributed by atoms with Crippen molar-refractivity contribution in [2.75, 3.05) is 10.3 Å². The summed E-state index contributed by atoms with van der Waals surface area (Å²) >= 11 is 0. The molecule has 2 amide bonds. The van der Waals surface area contributed by atoms with Gasteiger partial charge in [0.25, 0.3) is 5.91 Å². The van der Waals surface area contributed by atoms with Gasteiger partial charge in [-0.2, -0.15) is 10.2 Å². The number of benzene rings is 1. The second-order valence-electron chi connectivity index (χ2n) is 5.74. The minimum atomic E-state index is -0.806. The number of hydrogen-bond donors (Lipinski definition) is 2. The Kier molecular flexibility index (Phi) is 4.22. The highest BCUT2D eigenvalue weighted by Crippen LogP contribution is 2.25. The summed E-state index contributed by atoms with van der Waals surface area (Å²) in [6.07, 6.45) is 0.0649. The van der Waals surface area contributed by atoms with Crippen molar-refractivity contribution in [3.8, 4) is 0 Å². The Balaban J connectivity index is 1.84. The van der Waals surface area contributed by atoms with Crippen LogP contribution in [-0.2, 0) is 16.6 Å². The van der Waals surface area contributed by atoms with E-state index in [-0.39, 0.29) is 12.1 Å². The fourth-order valence-electron chi connectivity index (χ4n) is 2.62. The molecule has 1 aliphatic rings. The highest BCUT2D eigenvalue weighted by Gasteiger charge is 2.35. The van der Waals surface area contributed by atoms with Gasteiger partial charge in [0.05, 0.1) is 11.4 Å². The molecule has 130 valence electrons. The first kappa shape index (κ1) is 16.6. The molecule has 1 aromatic carbocycles. The van der Waals surface area contributed by atoms with E-state index >= 15 is 0 Å². The van der Waals surface area contributed by atoms with Crippen molar-refractivity contribution in [2.45, 2.75) is 19.4 Å². The molecule has 1 unspecified atom stereocenters. The number of hydrazone groups is 1. The molecule has 1 aliphatic heterocycles. The van der Waals surface area contributed by atoms with Crippen molar-refractivity contribution >= 4 is 29.0 Å². The Morgan fingerprint density at radius 2 is 2.00 bits per heavy atom. The van der Waals surface area contributed by atoms with E-state index in [4.69, 9.17) is 5.73 Å². The highest BCUT2D eigenvalue weighted by molar-refractivity contribution is 6.44. The second kappa shape index (κ2) is 6.34. The van der Waals surface area contributed by atoms with E-state index in [2.05, 4.69) is 15.5 Å². The van der Waals surface area contributed by atoms with Crippen LogP contribution in [-0.4, -0.2) is 33.3 Å². The maximum atomic E-state index is 13.1. The van der Waals surface area contributed by atoms with Gasteiger partial charge < -0.3 is 11.1 Å². The van der Waals surface area contributed by atoms with Gasteiger partial charge >= 0.3 is 0 Å². The third-order valence-electron chi connectivity index (χ3n) is 3.84. The van der Waals surface area contributed by atoms with Crippen molar-refractivity contribution in [3.05, 3.63) is 41.8 Å². The molecular formula is C16H17FN6O2. The number of carbonyl (C=O) groups excluding carboxylic acids is 2. The summed E-state index contributed by atoms with van der Waals surface area (Å²) in [6, 6.07) is 6.36. The normalized spacial score (nSPS) is 16.7. The maximum absolute atomic E-state index is 13.1. The van der Waals surface area contributed by atoms with E-state index in [0.717, 1.165) is 5.69 Å². The number of aromatic nitrogens is 2. The summed E-state index contributed by atoms with van der Waals surface area (Å²) in [5.41, 5.74) is 6.82. The van der Waals surface area contributed by atoms with Crippen molar-refractivity contribution in [1.82, 2.24) is 9.78 Å². The van der Waals surface area contributed by atoms with Crippen LogP contribution in [0.1, 0.15) is 12.1 Å². The molecule has 0 saturated carbocycles. The third kappa shape index (κ3) is 3.35. The zero-order valence-corrected chi connectivity index (χ0v) is 13.7. The molecule has 0 saturated heterocycles. The van der Waals surface area contributed by atoms with E-state index in [0.29, 0.717) is 11.5 Å². The first-order chi connectivity index (χ1) is 11.8. The van der Waals surface area contributed by atoms with Gasteiger partial charge in [0.1, 0.15) is 23.4 Å². The lowest BCUT2D eigenvalue weighted by atomic mass is 10.1. The summed E-state index contributed by atoms with van der Waals surface area (Å²) in [5.74, 6) is -0.959. The van der Waals surface area contributed by atoms with Crippen molar-refractivity contribution in [3.63, 3.8) is 0 Å². The van der Waals surface area contributed by atoms with Gasteiger partial charge in [-0.1, -0.05) is 0 Å². The molecule has 1 atom stereocenters. The standard InChI is InChI=1S/C16H17FN6O2/c1-9-7-14(22(2)20-9)19-16(25)12-8-13(15(18)24)23(21-12)11-5-3-10(17)4-6-11/h3-7,13H,8H2,1-2H3,(H2,18,24)(H,19,25). The summed E-state index contributed by atoms with van der Waals surface area (Å²) in [5, 5.41) is 12.4. The summed E-state index contributed by atoms with van der Waals surface area (Å²) in [6.45, 7) is 1.81. The quantitative estimate of drug-likeness (QED) is 0.860. The topological polar surface area (TPSA) is 106 Å². The van der Waals surface area contributed by atoms with Gasteiger partial charge in [0.2, 0.25) is 5.91 Å². The van der Waals surface area contributed by atoms with E-state index in [1.807, 2.05) is 6.92 Å². The van der Waals surface area contributed by atoms with Crippen molar-refractivity contribution < 1.29 is 14.0 Å². The smallest absolute Gasteiger partial charge is 0.273 e. The number of amides is 2. The molecule has 9 heteroatoms. The maximum Gasteiger partial charge on any atom is 0.273 e. The fourth-order valence-corrected chi connectivity index (χ4v) is 2.62. The molecule has 2 aromatic rings. The summed E-state index contributed by atoms with van der Waals surface area (Å²) in [4.78, 5) is 24.2. The number of hydrogen-bond acceptors (Lipinski definition) is 5. The lowest BCUT2D eigenvalue weighted by molar-refractivity contribution is -0.119. The fraction of sp³-hybridized carbons (Fsp3) is 0.250. The Morgan fingerprint density at radius 1 is 1.32 bits per heavy atom. The minimum Gasteiger partial charge on any atom is -0.368 e. The van der Waals surface area contributed by atoms with Crippen LogP contribution < -0.4 is 16.1 Å². The first-order valence-electron chi connectivity index (χ1n) is 7.58. The zero-order valence-electron chi connectivity index (χ0n) is 13.7. The van der Waals surface area contributed by atoms with Gasteiger partial charge in [0.15, 0.2) is 0 Å². The number of anilines is 2. The molecule has 0 radical (unpaired) electrons. The van der Waals surface area contributed by atoms with Crippen molar-refractivity contribution in [1.29, 1.82) is 0 Å². The van der Waals surface area contributed by atoms with Crippen LogP contribution in [0.5, 0.6) is 0 Å². The molecule has 0 fully saturated rings. The highest BCUT2D eigenvalue weighted by atomic mass is 19.1. The van der Waals surface area contributed by atoms with E-state index < -0.39 is 23.7 Å².